The molecule has 0 bridgehead atoms. The molecule has 1 heterocycles. The van der Waals surface area contributed by atoms with Crippen LogP contribution >= 0.6 is 0 Å². The highest BCUT2D eigenvalue weighted by Crippen LogP contribution is 2.41. The van der Waals surface area contributed by atoms with Crippen molar-refractivity contribution in [3.8, 4) is 0 Å². The molecule has 0 aromatic heterocycles. The largest absolute Gasteiger partial charge is 0.462 e. The summed E-state index contributed by atoms with van der Waals surface area (Å²) >= 11 is 0. The van der Waals surface area contributed by atoms with E-state index in [1.807, 2.05) is 0 Å². The van der Waals surface area contributed by atoms with Gasteiger partial charge < -0.3 is 24.3 Å². The van der Waals surface area contributed by atoms with Crippen molar-refractivity contribution in [2.45, 2.75) is 136 Å². The highest BCUT2D eigenvalue weighted by molar-refractivity contribution is 6.10. The van der Waals surface area contributed by atoms with Crippen LogP contribution < -0.4 is 5.32 Å². The van der Waals surface area contributed by atoms with Crippen LogP contribution in [0.25, 0.3) is 0 Å². The van der Waals surface area contributed by atoms with Crippen molar-refractivity contribution in [3.63, 3.8) is 0 Å². The lowest BCUT2D eigenvalue weighted by molar-refractivity contribution is -0.384. The number of benzene rings is 1. The van der Waals surface area contributed by atoms with Crippen LogP contribution in [0.1, 0.15) is 142 Å². The summed E-state index contributed by atoms with van der Waals surface area (Å²) in [5.41, 5.74) is -1.59. The quantitative estimate of drug-likeness (QED) is 0.0323. The topological polar surface area (TPSA) is 160 Å². The van der Waals surface area contributed by atoms with Crippen molar-refractivity contribution in [2.24, 2.45) is 0 Å². The number of nitro groups is 1. The summed E-state index contributed by atoms with van der Waals surface area (Å²) in [6, 6.07) is 5.38. The van der Waals surface area contributed by atoms with E-state index in [-0.39, 0.29) is 48.8 Å². The van der Waals surface area contributed by atoms with E-state index < -0.39 is 46.1 Å². The zero-order valence-electron chi connectivity index (χ0n) is 31.1. The molecular formula is C39H58N2O10. The van der Waals surface area contributed by atoms with Gasteiger partial charge in [-0.15, -0.1) is 0 Å². The molecular weight excluding hydrogens is 656 g/mol. The van der Waals surface area contributed by atoms with Gasteiger partial charge in [-0.3, -0.25) is 10.1 Å². The van der Waals surface area contributed by atoms with E-state index in [0.717, 1.165) is 77.0 Å². The van der Waals surface area contributed by atoms with Gasteiger partial charge in [0.15, 0.2) is 0 Å². The molecule has 0 radical (unpaired) electrons. The average molecular weight is 715 g/mol. The second kappa shape index (κ2) is 24.8. The Bertz CT molecular complexity index is 1280. The Kier molecular flexibility index (Phi) is 20.9. The molecule has 0 fully saturated rings. The monoisotopic (exact) mass is 714 g/mol. The van der Waals surface area contributed by atoms with Crippen LogP contribution in [-0.2, 0) is 38.1 Å². The van der Waals surface area contributed by atoms with Gasteiger partial charge in [0.2, 0.25) is 0 Å². The first-order valence-electron chi connectivity index (χ1n) is 18.9. The molecule has 284 valence electrons. The van der Waals surface area contributed by atoms with Crippen LogP contribution in [-0.4, -0.2) is 55.2 Å². The number of carbonyl (C=O) groups is 4. The van der Waals surface area contributed by atoms with Gasteiger partial charge in [0.25, 0.3) is 5.69 Å². The number of hydrogen-bond acceptors (Lipinski definition) is 11. The van der Waals surface area contributed by atoms with Crippen LogP contribution in [0, 0.1) is 10.1 Å². The van der Waals surface area contributed by atoms with E-state index in [9.17, 15) is 29.3 Å². The van der Waals surface area contributed by atoms with E-state index >= 15 is 0 Å². The summed E-state index contributed by atoms with van der Waals surface area (Å²) in [7, 11) is 0. The Morgan fingerprint density at radius 3 is 1.31 bits per heavy atom. The molecule has 2 rings (SSSR count). The minimum absolute atomic E-state index is 0.0386. The molecule has 1 aromatic rings. The second-order valence-corrected chi connectivity index (χ2v) is 12.8. The Balaban J connectivity index is 2.76. The molecule has 0 saturated heterocycles. The van der Waals surface area contributed by atoms with Gasteiger partial charge in [0, 0.05) is 12.1 Å². The summed E-state index contributed by atoms with van der Waals surface area (Å²) < 4.78 is 22.6. The Morgan fingerprint density at radius 2 is 0.961 bits per heavy atom. The molecule has 0 saturated carbocycles. The molecule has 0 amide bonds. The maximum Gasteiger partial charge on any atom is 0.355 e. The summed E-state index contributed by atoms with van der Waals surface area (Å²) in [6.45, 7) is 8.41. The van der Waals surface area contributed by atoms with Gasteiger partial charge in [0.05, 0.1) is 48.4 Å². The highest BCUT2D eigenvalue weighted by Gasteiger charge is 2.45. The first kappa shape index (κ1) is 42.9. The number of rotatable bonds is 26. The molecule has 0 spiro atoms. The van der Waals surface area contributed by atoms with Gasteiger partial charge in [-0.25, -0.2) is 19.2 Å². The first-order valence-corrected chi connectivity index (χ1v) is 18.9. The number of nitrogens with one attached hydrogen (secondary N) is 1. The lowest BCUT2D eigenvalue weighted by Crippen LogP contribution is -2.40. The molecule has 0 unspecified atom stereocenters. The summed E-state index contributed by atoms with van der Waals surface area (Å²) in [5, 5.41) is 14.6. The lowest BCUT2D eigenvalue weighted by atomic mass is 9.79. The lowest BCUT2D eigenvalue weighted by Gasteiger charge is -2.31. The molecule has 1 N–H and O–H groups in total. The van der Waals surface area contributed by atoms with Gasteiger partial charge in [-0.2, -0.15) is 0 Å². The third-order valence-electron chi connectivity index (χ3n) is 8.55. The van der Waals surface area contributed by atoms with Crippen LogP contribution in [0.3, 0.4) is 0 Å². The van der Waals surface area contributed by atoms with E-state index in [2.05, 4.69) is 33.0 Å². The number of hydrogen-bond donors (Lipinski definition) is 1. The van der Waals surface area contributed by atoms with E-state index in [1.165, 1.54) is 24.3 Å². The second-order valence-electron chi connectivity index (χ2n) is 12.8. The number of carbonyl (C=O) groups excluding carboxylic acids is 4. The van der Waals surface area contributed by atoms with Crippen LogP contribution in [0.2, 0.25) is 0 Å². The van der Waals surface area contributed by atoms with Crippen LogP contribution in [0.5, 0.6) is 0 Å². The molecule has 12 heteroatoms. The number of ether oxygens (including phenoxy) is 4. The van der Waals surface area contributed by atoms with Gasteiger partial charge in [-0.05, 0) is 31.2 Å². The number of dihydropyridines is 1. The Hall–Kier alpha value is -4.22. The molecule has 1 aromatic carbocycles. The maximum absolute atomic E-state index is 14.1. The van der Waals surface area contributed by atoms with Crippen molar-refractivity contribution in [3.05, 3.63) is 62.5 Å². The third-order valence-corrected chi connectivity index (χ3v) is 8.55. The summed E-state index contributed by atoms with van der Waals surface area (Å²) in [4.78, 5) is 67.0. The predicted octanol–water partition coefficient (Wildman–Crippen LogP) is 8.28. The molecule has 1 aliphatic rings. The first-order chi connectivity index (χ1) is 24.7. The van der Waals surface area contributed by atoms with Crippen molar-refractivity contribution >= 4 is 29.6 Å². The smallest absolute Gasteiger partial charge is 0.355 e. The van der Waals surface area contributed by atoms with Gasteiger partial charge in [0.1, 0.15) is 11.4 Å². The summed E-state index contributed by atoms with van der Waals surface area (Å²) in [6.07, 6.45) is 13.2. The van der Waals surface area contributed by atoms with Gasteiger partial charge in [-0.1, -0.05) is 117 Å². The predicted molar refractivity (Wildman–Crippen MR) is 193 cm³/mol. The summed E-state index contributed by atoms with van der Waals surface area (Å²) in [5.74, 6) is -5.16. The molecule has 12 nitrogen and oxygen atoms in total. The fourth-order valence-electron chi connectivity index (χ4n) is 5.68. The average Bonchev–Trinajstić information content (AvgIpc) is 3.13. The zero-order valence-corrected chi connectivity index (χ0v) is 31.1. The molecule has 0 atom stereocenters. The normalized spacial score (nSPS) is 13.1. The van der Waals surface area contributed by atoms with E-state index in [1.54, 1.807) is 0 Å². The third kappa shape index (κ3) is 14.5. The number of non-ortho nitro benzene ring substituents is 1. The fourth-order valence-corrected chi connectivity index (χ4v) is 5.68. The Morgan fingerprint density at radius 1 is 0.588 bits per heavy atom. The fraction of sp³-hybridized carbons (Fsp3) is 0.641. The van der Waals surface area contributed by atoms with Crippen molar-refractivity contribution < 1.29 is 43.0 Å². The molecule has 1 aliphatic heterocycles. The Labute approximate surface area is 302 Å². The van der Waals surface area contributed by atoms with Gasteiger partial charge >= 0.3 is 23.9 Å². The van der Waals surface area contributed by atoms with Crippen molar-refractivity contribution in [1.29, 1.82) is 0 Å². The molecule has 51 heavy (non-hydrogen) atoms. The molecule has 0 aliphatic carbocycles. The maximum atomic E-state index is 14.1. The standard InChI is InChI=1S/C39H58N2O10/c1-5-9-13-17-24-48-36(42)32-31(29-22-21-23-30(28-29)41(46)47)33(37(43)49-25-18-14-10-6-2)35(39(45)51-27-20-16-12-8-4)40-34(32)38(44)50-26-19-15-11-7-3/h21-23,28,31,40H,5-20,24-27H2,1-4H3. The van der Waals surface area contributed by atoms with E-state index in [0.29, 0.717) is 25.7 Å². The van der Waals surface area contributed by atoms with Crippen molar-refractivity contribution in [1.82, 2.24) is 5.32 Å². The zero-order chi connectivity index (χ0) is 37.4. The van der Waals surface area contributed by atoms with E-state index in [4.69, 9.17) is 18.9 Å². The number of nitrogens with zero attached hydrogens (tertiary/aromatic N) is 1. The van der Waals surface area contributed by atoms with Crippen molar-refractivity contribution in [2.75, 3.05) is 26.4 Å². The highest BCUT2D eigenvalue weighted by atomic mass is 16.6. The number of nitro benzene ring substituents is 1. The minimum atomic E-state index is -1.46. The number of esters is 4. The SMILES string of the molecule is CCCCCCOC(=O)C1=C(C(=O)OCCCCCC)C(c2cccc([N+](=O)[O-])c2)C(C(=O)OCCCCCC)=C(C(=O)OCCCCCC)N1. The van der Waals surface area contributed by atoms with Crippen LogP contribution in [0.15, 0.2) is 46.8 Å². The minimum Gasteiger partial charge on any atom is -0.462 e. The number of unbranched alkanes of at least 4 members (excludes halogenated alkanes) is 12. The van der Waals surface area contributed by atoms with Crippen LogP contribution in [0.4, 0.5) is 5.69 Å².